The first-order valence-electron chi connectivity index (χ1n) is 2.67. The fourth-order valence-corrected chi connectivity index (χ4v) is 0.540. The Labute approximate surface area is 58.0 Å². The minimum atomic E-state index is 0.416. The zero-order chi connectivity index (χ0) is 7.40. The number of nitrogens with two attached hydrogens (primary N) is 1. The molecule has 0 fully saturated rings. The Morgan fingerprint density at radius 3 is 2.80 bits per heavy atom. The van der Waals surface area contributed by atoms with Gasteiger partial charge in [-0.05, 0) is 12.1 Å². The molecule has 0 aliphatic rings. The lowest BCUT2D eigenvalue weighted by molar-refractivity contribution is 0.562. The van der Waals surface area contributed by atoms with E-state index in [1.807, 2.05) is 0 Å². The lowest BCUT2D eigenvalue weighted by Gasteiger charge is -1.95. The van der Waals surface area contributed by atoms with Crippen LogP contribution in [0.3, 0.4) is 0 Å². The Bertz CT molecular complexity index is 219. The summed E-state index contributed by atoms with van der Waals surface area (Å²) in [5.74, 6) is 5.56. The number of carbonyl (C=O) groups excluding carboxylic acids is 1. The number of aromatic nitrogens is 1. The summed E-state index contributed by atoms with van der Waals surface area (Å²) in [5, 5.41) is 0. The highest BCUT2D eigenvalue weighted by Crippen LogP contribution is 1.99. The van der Waals surface area contributed by atoms with Gasteiger partial charge in [-0.1, -0.05) is 0 Å². The van der Waals surface area contributed by atoms with Crippen LogP contribution < -0.4 is 11.3 Å². The predicted octanol–water partition coefficient (Wildman–Crippen LogP) is -0.175. The zero-order valence-corrected chi connectivity index (χ0v) is 5.16. The molecule has 1 aromatic rings. The molecular formula is C6H6N3O. The van der Waals surface area contributed by atoms with Crippen LogP contribution in [0.2, 0.25) is 0 Å². The molecule has 1 heterocycles. The molecule has 0 bridgehead atoms. The first kappa shape index (κ1) is 6.70. The van der Waals surface area contributed by atoms with Crippen molar-refractivity contribution in [2.24, 2.45) is 5.84 Å². The highest BCUT2D eigenvalue weighted by atomic mass is 16.1. The van der Waals surface area contributed by atoms with Crippen LogP contribution in [0.15, 0.2) is 18.3 Å². The van der Waals surface area contributed by atoms with E-state index < -0.39 is 0 Å². The molecular weight excluding hydrogens is 130 g/mol. The fourth-order valence-electron chi connectivity index (χ4n) is 0.540. The van der Waals surface area contributed by atoms with Crippen LogP contribution >= 0.6 is 0 Å². The van der Waals surface area contributed by atoms with Crippen molar-refractivity contribution >= 4 is 12.1 Å². The van der Waals surface area contributed by atoms with E-state index in [2.05, 4.69) is 10.4 Å². The molecule has 0 saturated heterocycles. The predicted molar refractivity (Wildman–Crippen MR) is 36.8 cm³/mol. The molecule has 51 valence electrons. The number of hydrogen-bond acceptors (Lipinski definition) is 4. The summed E-state index contributed by atoms with van der Waals surface area (Å²) in [6.45, 7) is 0. The number of nitrogen functional groups attached to an aromatic ring is 1. The summed E-state index contributed by atoms with van der Waals surface area (Å²) < 4.78 is 0. The Morgan fingerprint density at radius 1 is 1.60 bits per heavy atom. The standard InChI is InChI=1S/C6H6N3O/c7-9-6-2-1-5(4-10)3-8-6/h1-3H,7H2,(H,8,9). The summed E-state index contributed by atoms with van der Waals surface area (Å²) in [7, 11) is 0. The molecule has 1 rings (SSSR count). The van der Waals surface area contributed by atoms with Crippen LogP contribution in [0.5, 0.6) is 0 Å². The molecule has 0 aliphatic carbocycles. The fraction of sp³-hybridized carbons (Fsp3) is 0. The average molecular weight is 136 g/mol. The summed E-state index contributed by atoms with van der Waals surface area (Å²) in [5.41, 5.74) is 2.75. The zero-order valence-electron chi connectivity index (χ0n) is 5.16. The SMILES string of the molecule is NNc1ccc([C]=O)cn1. The van der Waals surface area contributed by atoms with Crippen molar-refractivity contribution in [3.05, 3.63) is 23.9 Å². The Morgan fingerprint density at radius 2 is 2.40 bits per heavy atom. The Hall–Kier alpha value is -1.42. The van der Waals surface area contributed by atoms with E-state index in [1.54, 1.807) is 18.4 Å². The maximum absolute atomic E-state index is 9.99. The third-order valence-corrected chi connectivity index (χ3v) is 1.03. The second-order valence-electron chi connectivity index (χ2n) is 1.68. The molecule has 1 aromatic heterocycles. The smallest absolute Gasteiger partial charge is 0.235 e. The highest BCUT2D eigenvalue weighted by molar-refractivity contribution is 5.74. The molecule has 0 amide bonds. The number of hydrogen-bond donors (Lipinski definition) is 2. The normalized spacial score (nSPS) is 8.90. The molecule has 4 heteroatoms. The van der Waals surface area contributed by atoms with Gasteiger partial charge in [0.1, 0.15) is 5.82 Å². The van der Waals surface area contributed by atoms with Crippen LogP contribution in [0, 0.1) is 0 Å². The monoisotopic (exact) mass is 136 g/mol. The van der Waals surface area contributed by atoms with Gasteiger partial charge in [0.25, 0.3) is 0 Å². The first-order valence-corrected chi connectivity index (χ1v) is 2.67. The van der Waals surface area contributed by atoms with Gasteiger partial charge in [-0.3, -0.25) is 4.79 Å². The number of pyridine rings is 1. The van der Waals surface area contributed by atoms with E-state index in [1.165, 1.54) is 6.20 Å². The lowest BCUT2D eigenvalue weighted by atomic mass is 10.3. The Balaban J connectivity index is 2.90. The lowest BCUT2D eigenvalue weighted by Crippen LogP contribution is -2.08. The largest absolute Gasteiger partial charge is 0.308 e. The van der Waals surface area contributed by atoms with Gasteiger partial charge in [0, 0.05) is 11.8 Å². The third-order valence-electron chi connectivity index (χ3n) is 1.03. The van der Waals surface area contributed by atoms with Crippen molar-refractivity contribution in [3.8, 4) is 0 Å². The van der Waals surface area contributed by atoms with E-state index in [9.17, 15) is 4.79 Å². The summed E-state index contributed by atoms with van der Waals surface area (Å²) in [6, 6.07) is 3.18. The highest BCUT2D eigenvalue weighted by Gasteiger charge is 1.90. The van der Waals surface area contributed by atoms with Crippen molar-refractivity contribution in [1.29, 1.82) is 0 Å². The van der Waals surface area contributed by atoms with E-state index >= 15 is 0 Å². The molecule has 0 spiro atoms. The van der Waals surface area contributed by atoms with Gasteiger partial charge >= 0.3 is 0 Å². The number of hydrazine groups is 1. The first-order chi connectivity index (χ1) is 4.86. The molecule has 0 aromatic carbocycles. The third kappa shape index (κ3) is 1.29. The number of rotatable bonds is 2. The number of nitrogens with one attached hydrogen (secondary N) is 1. The van der Waals surface area contributed by atoms with Crippen molar-refractivity contribution in [3.63, 3.8) is 0 Å². The van der Waals surface area contributed by atoms with Gasteiger partial charge < -0.3 is 5.43 Å². The minimum absolute atomic E-state index is 0.416. The number of anilines is 1. The Kier molecular flexibility index (Phi) is 1.96. The molecule has 1 radical (unpaired) electrons. The van der Waals surface area contributed by atoms with Crippen molar-refractivity contribution < 1.29 is 4.79 Å². The van der Waals surface area contributed by atoms with Crippen LogP contribution in [-0.2, 0) is 4.79 Å². The van der Waals surface area contributed by atoms with Gasteiger partial charge in [0.05, 0.1) is 0 Å². The molecule has 0 aliphatic heterocycles. The molecule has 3 N–H and O–H groups in total. The maximum Gasteiger partial charge on any atom is 0.235 e. The van der Waals surface area contributed by atoms with Crippen LogP contribution in [-0.4, -0.2) is 11.3 Å². The molecule has 10 heavy (non-hydrogen) atoms. The van der Waals surface area contributed by atoms with Gasteiger partial charge in [-0.2, -0.15) is 0 Å². The van der Waals surface area contributed by atoms with E-state index in [-0.39, 0.29) is 0 Å². The molecule has 0 unspecified atom stereocenters. The molecule has 0 saturated carbocycles. The topological polar surface area (TPSA) is 68.0 Å². The van der Waals surface area contributed by atoms with Gasteiger partial charge in [0.2, 0.25) is 6.29 Å². The molecule has 4 nitrogen and oxygen atoms in total. The number of nitrogens with zero attached hydrogens (tertiary/aromatic N) is 1. The van der Waals surface area contributed by atoms with Crippen LogP contribution in [0.25, 0.3) is 0 Å². The van der Waals surface area contributed by atoms with Crippen molar-refractivity contribution in [2.45, 2.75) is 0 Å². The quantitative estimate of drug-likeness (QED) is 0.437. The summed E-state index contributed by atoms with van der Waals surface area (Å²) in [6.07, 6.45) is 3.09. The minimum Gasteiger partial charge on any atom is -0.308 e. The van der Waals surface area contributed by atoms with E-state index in [0.29, 0.717) is 11.4 Å². The van der Waals surface area contributed by atoms with E-state index in [4.69, 9.17) is 5.84 Å². The van der Waals surface area contributed by atoms with Gasteiger partial charge in [-0.25, -0.2) is 10.8 Å². The van der Waals surface area contributed by atoms with Crippen molar-refractivity contribution in [1.82, 2.24) is 4.98 Å². The van der Waals surface area contributed by atoms with Crippen LogP contribution in [0.1, 0.15) is 5.56 Å². The van der Waals surface area contributed by atoms with Gasteiger partial charge in [0.15, 0.2) is 0 Å². The van der Waals surface area contributed by atoms with E-state index in [0.717, 1.165) is 0 Å². The summed E-state index contributed by atoms with van der Waals surface area (Å²) >= 11 is 0. The van der Waals surface area contributed by atoms with Crippen molar-refractivity contribution in [2.75, 3.05) is 5.43 Å². The molecule has 0 atom stereocenters. The average Bonchev–Trinajstić information content (AvgIpc) is 2.05. The maximum atomic E-state index is 9.99. The second-order valence-corrected chi connectivity index (χ2v) is 1.68. The van der Waals surface area contributed by atoms with Gasteiger partial charge in [-0.15, -0.1) is 0 Å². The summed E-state index contributed by atoms with van der Waals surface area (Å²) in [4.78, 5) is 13.8. The van der Waals surface area contributed by atoms with Crippen LogP contribution in [0.4, 0.5) is 5.82 Å². The second kappa shape index (κ2) is 2.93.